The normalized spacial score (nSPS) is 12.0. The first-order valence-corrected chi connectivity index (χ1v) is 9.06. The van der Waals surface area contributed by atoms with Crippen LogP contribution in [0.3, 0.4) is 0 Å². The number of carbonyl (C=O) groups excluding carboxylic acids is 1. The van der Waals surface area contributed by atoms with Crippen LogP contribution in [-0.4, -0.2) is 43.4 Å². The SMILES string of the molecule is CCNC(=NCCNC(=O)C(C)(C)C)N(C)Cc1ccccc1Br. The highest BCUT2D eigenvalue weighted by molar-refractivity contribution is 9.10. The van der Waals surface area contributed by atoms with Crippen molar-refractivity contribution in [1.82, 2.24) is 15.5 Å². The van der Waals surface area contributed by atoms with Gasteiger partial charge in [0.05, 0.1) is 6.54 Å². The lowest BCUT2D eigenvalue weighted by atomic mass is 9.96. The van der Waals surface area contributed by atoms with E-state index in [1.54, 1.807) is 0 Å². The fourth-order valence-electron chi connectivity index (χ4n) is 2.02. The van der Waals surface area contributed by atoms with Crippen LogP contribution in [0.25, 0.3) is 0 Å². The molecule has 0 atom stereocenters. The number of aliphatic imine (C=N–C) groups is 1. The number of benzene rings is 1. The topological polar surface area (TPSA) is 56.7 Å². The maximum atomic E-state index is 11.9. The Morgan fingerprint density at radius 1 is 1.25 bits per heavy atom. The van der Waals surface area contributed by atoms with Crippen LogP contribution in [0.15, 0.2) is 33.7 Å². The van der Waals surface area contributed by atoms with Gasteiger partial charge < -0.3 is 15.5 Å². The molecule has 5 nitrogen and oxygen atoms in total. The molecule has 0 aliphatic carbocycles. The van der Waals surface area contributed by atoms with Crippen molar-refractivity contribution < 1.29 is 4.79 Å². The summed E-state index contributed by atoms with van der Waals surface area (Å²) in [7, 11) is 2.01. The molecule has 0 saturated carbocycles. The first kappa shape index (κ1) is 20.5. The summed E-state index contributed by atoms with van der Waals surface area (Å²) in [6.07, 6.45) is 0. The fraction of sp³-hybridized carbons (Fsp3) is 0.556. The van der Waals surface area contributed by atoms with Crippen LogP contribution in [0.4, 0.5) is 0 Å². The number of hydrogen-bond acceptors (Lipinski definition) is 2. The summed E-state index contributed by atoms with van der Waals surface area (Å²) in [4.78, 5) is 18.5. The summed E-state index contributed by atoms with van der Waals surface area (Å²) in [5.74, 6) is 0.877. The number of hydrogen-bond donors (Lipinski definition) is 2. The summed E-state index contributed by atoms with van der Waals surface area (Å²) in [6, 6.07) is 8.16. The molecule has 0 aliphatic heterocycles. The van der Waals surface area contributed by atoms with Gasteiger partial charge in [-0.3, -0.25) is 9.79 Å². The highest BCUT2D eigenvalue weighted by atomic mass is 79.9. The summed E-state index contributed by atoms with van der Waals surface area (Å²) in [6.45, 7) is 10.4. The van der Waals surface area contributed by atoms with Crippen molar-refractivity contribution >= 4 is 27.8 Å². The van der Waals surface area contributed by atoms with Crippen LogP contribution in [0.5, 0.6) is 0 Å². The average molecular weight is 397 g/mol. The molecule has 0 aromatic heterocycles. The number of amides is 1. The van der Waals surface area contributed by atoms with Crippen molar-refractivity contribution in [2.24, 2.45) is 10.4 Å². The van der Waals surface area contributed by atoms with Gasteiger partial charge >= 0.3 is 0 Å². The van der Waals surface area contributed by atoms with E-state index in [-0.39, 0.29) is 11.3 Å². The molecule has 1 amide bonds. The predicted octanol–water partition coefficient (Wildman–Crippen LogP) is 3.01. The first-order chi connectivity index (χ1) is 11.3. The van der Waals surface area contributed by atoms with Crippen molar-refractivity contribution in [3.8, 4) is 0 Å². The van der Waals surface area contributed by atoms with Gasteiger partial charge in [0.2, 0.25) is 5.91 Å². The number of nitrogens with one attached hydrogen (secondary N) is 2. The quantitative estimate of drug-likeness (QED) is 0.441. The number of carbonyl (C=O) groups is 1. The van der Waals surface area contributed by atoms with Gasteiger partial charge in [0, 0.05) is 36.6 Å². The molecule has 0 fully saturated rings. The van der Waals surface area contributed by atoms with Crippen molar-refractivity contribution in [3.63, 3.8) is 0 Å². The minimum Gasteiger partial charge on any atom is -0.357 e. The van der Waals surface area contributed by atoms with E-state index in [2.05, 4.69) is 42.5 Å². The van der Waals surface area contributed by atoms with Crippen LogP contribution >= 0.6 is 15.9 Å². The molecule has 6 heteroatoms. The Morgan fingerprint density at radius 2 is 1.92 bits per heavy atom. The minimum absolute atomic E-state index is 0.0456. The zero-order valence-corrected chi connectivity index (χ0v) is 16.9. The Hall–Kier alpha value is -1.56. The first-order valence-electron chi connectivity index (χ1n) is 8.27. The lowest BCUT2D eigenvalue weighted by Gasteiger charge is -2.23. The smallest absolute Gasteiger partial charge is 0.225 e. The van der Waals surface area contributed by atoms with Gasteiger partial charge in [0.1, 0.15) is 0 Å². The number of guanidine groups is 1. The van der Waals surface area contributed by atoms with Gasteiger partial charge in [-0.1, -0.05) is 54.9 Å². The summed E-state index contributed by atoms with van der Waals surface area (Å²) in [5.41, 5.74) is 0.830. The summed E-state index contributed by atoms with van der Waals surface area (Å²) in [5, 5.41) is 6.21. The molecule has 134 valence electrons. The maximum Gasteiger partial charge on any atom is 0.225 e. The van der Waals surface area contributed by atoms with Gasteiger partial charge in [-0.25, -0.2) is 0 Å². The minimum atomic E-state index is -0.370. The third kappa shape index (κ3) is 6.91. The van der Waals surface area contributed by atoms with Crippen LogP contribution in [0, 0.1) is 5.41 Å². The highest BCUT2D eigenvalue weighted by Gasteiger charge is 2.20. The van der Waals surface area contributed by atoms with E-state index in [1.807, 2.05) is 52.9 Å². The molecule has 1 rings (SSSR count). The maximum absolute atomic E-state index is 11.9. The second kappa shape index (κ2) is 9.67. The Bertz CT molecular complexity index is 566. The Labute approximate surface area is 154 Å². The van der Waals surface area contributed by atoms with E-state index in [9.17, 15) is 4.79 Å². The molecular weight excluding hydrogens is 368 g/mol. The van der Waals surface area contributed by atoms with E-state index >= 15 is 0 Å². The molecule has 0 heterocycles. The second-order valence-corrected chi connectivity index (χ2v) is 7.54. The van der Waals surface area contributed by atoms with Gasteiger partial charge in [-0.2, -0.15) is 0 Å². The van der Waals surface area contributed by atoms with Crippen LogP contribution in [0.1, 0.15) is 33.3 Å². The van der Waals surface area contributed by atoms with E-state index < -0.39 is 0 Å². The van der Waals surface area contributed by atoms with Crippen LogP contribution < -0.4 is 10.6 Å². The fourth-order valence-corrected chi connectivity index (χ4v) is 2.43. The largest absolute Gasteiger partial charge is 0.357 e. The standard InChI is InChI=1S/C18H29BrN4O/c1-6-20-17(22-12-11-21-16(24)18(2,3)4)23(5)13-14-9-7-8-10-15(14)19/h7-10H,6,11-13H2,1-5H3,(H,20,22)(H,21,24). The van der Waals surface area contributed by atoms with Crippen molar-refractivity contribution in [3.05, 3.63) is 34.3 Å². The lowest BCUT2D eigenvalue weighted by Crippen LogP contribution is -2.40. The number of halogens is 1. The molecule has 1 aromatic rings. The zero-order chi connectivity index (χ0) is 18.2. The molecule has 0 unspecified atom stereocenters. The third-order valence-corrected chi connectivity index (χ3v) is 4.18. The summed E-state index contributed by atoms with van der Waals surface area (Å²) < 4.78 is 1.09. The molecule has 0 bridgehead atoms. The average Bonchev–Trinajstić information content (AvgIpc) is 2.51. The molecule has 1 aromatic carbocycles. The van der Waals surface area contributed by atoms with Crippen molar-refractivity contribution in [2.75, 3.05) is 26.7 Å². The molecule has 0 saturated heterocycles. The monoisotopic (exact) mass is 396 g/mol. The molecular formula is C18H29BrN4O. The van der Waals surface area contributed by atoms with Crippen LogP contribution in [0.2, 0.25) is 0 Å². The van der Waals surface area contributed by atoms with E-state index in [0.29, 0.717) is 13.1 Å². The van der Waals surface area contributed by atoms with Crippen LogP contribution in [-0.2, 0) is 11.3 Å². The Balaban J connectivity index is 2.61. The molecule has 0 spiro atoms. The molecule has 2 N–H and O–H groups in total. The van der Waals surface area contributed by atoms with E-state index in [1.165, 1.54) is 5.56 Å². The Kier molecular flexibility index (Phi) is 8.25. The number of nitrogens with zero attached hydrogens (tertiary/aromatic N) is 2. The Morgan fingerprint density at radius 3 is 2.50 bits per heavy atom. The van der Waals surface area contributed by atoms with E-state index in [0.717, 1.165) is 23.5 Å². The van der Waals surface area contributed by atoms with Gasteiger partial charge in [0.15, 0.2) is 5.96 Å². The molecule has 0 radical (unpaired) electrons. The second-order valence-electron chi connectivity index (χ2n) is 6.69. The van der Waals surface area contributed by atoms with Gasteiger partial charge in [-0.15, -0.1) is 0 Å². The number of rotatable bonds is 6. The molecule has 24 heavy (non-hydrogen) atoms. The lowest BCUT2D eigenvalue weighted by molar-refractivity contribution is -0.128. The van der Waals surface area contributed by atoms with Gasteiger partial charge in [0.25, 0.3) is 0 Å². The van der Waals surface area contributed by atoms with Gasteiger partial charge in [-0.05, 0) is 18.6 Å². The predicted molar refractivity (Wildman–Crippen MR) is 104 cm³/mol. The highest BCUT2D eigenvalue weighted by Crippen LogP contribution is 2.17. The molecule has 0 aliphatic rings. The zero-order valence-electron chi connectivity index (χ0n) is 15.3. The van der Waals surface area contributed by atoms with Crippen molar-refractivity contribution in [2.45, 2.75) is 34.2 Å². The third-order valence-electron chi connectivity index (χ3n) is 3.40. The summed E-state index contributed by atoms with van der Waals surface area (Å²) >= 11 is 3.58. The van der Waals surface area contributed by atoms with Crippen molar-refractivity contribution in [1.29, 1.82) is 0 Å². The van der Waals surface area contributed by atoms with E-state index in [4.69, 9.17) is 0 Å².